The molecule has 3 N–H and O–H groups in total. The SMILES string of the molecule is Nc1cc(O)c2c(c1)OCCO2. The first-order chi connectivity index (χ1) is 5.77. The van der Waals surface area contributed by atoms with Gasteiger partial charge in [-0.15, -0.1) is 0 Å². The lowest BCUT2D eigenvalue weighted by Gasteiger charge is -2.19. The maximum Gasteiger partial charge on any atom is 0.203 e. The number of anilines is 1. The lowest BCUT2D eigenvalue weighted by molar-refractivity contribution is 0.166. The van der Waals surface area contributed by atoms with Crippen molar-refractivity contribution >= 4 is 5.69 Å². The van der Waals surface area contributed by atoms with E-state index in [2.05, 4.69) is 0 Å². The van der Waals surface area contributed by atoms with Gasteiger partial charge in [0.15, 0.2) is 11.5 Å². The summed E-state index contributed by atoms with van der Waals surface area (Å²) in [5, 5.41) is 9.35. The molecular weight excluding hydrogens is 158 g/mol. The number of aromatic hydroxyl groups is 1. The van der Waals surface area contributed by atoms with E-state index < -0.39 is 0 Å². The summed E-state index contributed by atoms with van der Waals surface area (Å²) >= 11 is 0. The summed E-state index contributed by atoms with van der Waals surface area (Å²) < 4.78 is 10.4. The molecule has 12 heavy (non-hydrogen) atoms. The molecule has 0 bridgehead atoms. The monoisotopic (exact) mass is 167 g/mol. The Bertz CT molecular complexity index is 311. The molecule has 0 atom stereocenters. The highest BCUT2D eigenvalue weighted by atomic mass is 16.6. The van der Waals surface area contributed by atoms with E-state index in [1.54, 1.807) is 6.07 Å². The maximum absolute atomic E-state index is 9.35. The van der Waals surface area contributed by atoms with Gasteiger partial charge in [-0.2, -0.15) is 0 Å². The van der Waals surface area contributed by atoms with Crippen molar-refractivity contribution in [2.75, 3.05) is 18.9 Å². The van der Waals surface area contributed by atoms with Crippen LogP contribution in [0.4, 0.5) is 5.69 Å². The third-order valence-electron chi connectivity index (χ3n) is 1.64. The number of rotatable bonds is 0. The van der Waals surface area contributed by atoms with Crippen LogP contribution in [-0.2, 0) is 0 Å². The second-order valence-electron chi connectivity index (χ2n) is 2.56. The predicted molar refractivity (Wildman–Crippen MR) is 43.5 cm³/mol. The molecule has 0 fully saturated rings. The molecule has 1 aromatic rings. The number of phenolic OH excluding ortho intramolecular Hbond substituents is 1. The van der Waals surface area contributed by atoms with Crippen molar-refractivity contribution in [3.63, 3.8) is 0 Å². The summed E-state index contributed by atoms with van der Waals surface area (Å²) in [5.74, 6) is 0.930. The van der Waals surface area contributed by atoms with Crippen LogP contribution < -0.4 is 15.2 Å². The minimum absolute atomic E-state index is 0.0321. The van der Waals surface area contributed by atoms with Gasteiger partial charge in [0, 0.05) is 17.8 Å². The van der Waals surface area contributed by atoms with Crippen molar-refractivity contribution in [2.24, 2.45) is 0 Å². The van der Waals surface area contributed by atoms with Crippen LogP contribution in [0.5, 0.6) is 17.2 Å². The Kier molecular flexibility index (Phi) is 1.46. The van der Waals surface area contributed by atoms with E-state index in [1.807, 2.05) is 0 Å². The Balaban J connectivity index is 2.53. The van der Waals surface area contributed by atoms with Crippen LogP contribution in [0.15, 0.2) is 12.1 Å². The van der Waals surface area contributed by atoms with E-state index >= 15 is 0 Å². The van der Waals surface area contributed by atoms with E-state index in [0.717, 1.165) is 0 Å². The second kappa shape index (κ2) is 2.48. The van der Waals surface area contributed by atoms with E-state index in [-0.39, 0.29) is 5.75 Å². The molecule has 0 unspecified atom stereocenters. The number of fused-ring (bicyclic) bond motifs is 1. The largest absolute Gasteiger partial charge is 0.504 e. The molecule has 1 heterocycles. The molecule has 1 aliphatic rings. The van der Waals surface area contributed by atoms with Crippen LogP contribution >= 0.6 is 0 Å². The average Bonchev–Trinajstić information content (AvgIpc) is 2.04. The molecule has 0 amide bonds. The highest BCUT2D eigenvalue weighted by Gasteiger charge is 2.16. The fourth-order valence-electron chi connectivity index (χ4n) is 1.16. The van der Waals surface area contributed by atoms with Gasteiger partial charge in [-0.05, 0) is 0 Å². The summed E-state index contributed by atoms with van der Waals surface area (Å²) in [7, 11) is 0. The van der Waals surface area contributed by atoms with Crippen LogP contribution in [0, 0.1) is 0 Å². The molecule has 2 rings (SSSR count). The first-order valence-corrected chi connectivity index (χ1v) is 3.65. The molecule has 0 radical (unpaired) electrons. The minimum Gasteiger partial charge on any atom is -0.504 e. The van der Waals surface area contributed by atoms with Crippen molar-refractivity contribution in [1.29, 1.82) is 0 Å². The van der Waals surface area contributed by atoms with Crippen molar-refractivity contribution < 1.29 is 14.6 Å². The second-order valence-corrected chi connectivity index (χ2v) is 2.56. The molecule has 0 aliphatic carbocycles. The fourth-order valence-corrected chi connectivity index (χ4v) is 1.16. The van der Waals surface area contributed by atoms with Gasteiger partial charge in [0.1, 0.15) is 13.2 Å². The van der Waals surface area contributed by atoms with Gasteiger partial charge >= 0.3 is 0 Å². The molecule has 0 saturated carbocycles. The fraction of sp³-hybridized carbons (Fsp3) is 0.250. The van der Waals surface area contributed by atoms with E-state index in [4.69, 9.17) is 15.2 Å². The Morgan fingerprint density at radius 3 is 2.83 bits per heavy atom. The average molecular weight is 167 g/mol. The summed E-state index contributed by atoms with van der Waals surface area (Å²) in [4.78, 5) is 0. The van der Waals surface area contributed by atoms with Crippen molar-refractivity contribution in [3.8, 4) is 17.2 Å². The Morgan fingerprint density at radius 2 is 2.00 bits per heavy atom. The van der Waals surface area contributed by atoms with Gasteiger partial charge < -0.3 is 20.3 Å². The summed E-state index contributed by atoms with van der Waals surface area (Å²) in [6, 6.07) is 3.07. The van der Waals surface area contributed by atoms with Crippen LogP contribution in [0.25, 0.3) is 0 Å². The molecule has 0 spiro atoms. The molecular formula is C8H9NO3. The van der Waals surface area contributed by atoms with E-state index in [9.17, 15) is 5.11 Å². The molecule has 64 valence electrons. The summed E-state index contributed by atoms with van der Waals surface area (Å²) in [5.41, 5.74) is 5.96. The topological polar surface area (TPSA) is 64.7 Å². The Morgan fingerprint density at radius 1 is 1.25 bits per heavy atom. The maximum atomic E-state index is 9.35. The molecule has 4 nitrogen and oxygen atoms in total. The van der Waals surface area contributed by atoms with Crippen LogP contribution in [-0.4, -0.2) is 18.3 Å². The minimum atomic E-state index is 0.0321. The molecule has 0 saturated heterocycles. The van der Waals surface area contributed by atoms with Gasteiger partial charge in [0.05, 0.1) is 0 Å². The molecule has 1 aromatic carbocycles. The third-order valence-corrected chi connectivity index (χ3v) is 1.64. The number of nitrogen functional groups attached to an aromatic ring is 1. The number of ether oxygens (including phenoxy) is 2. The van der Waals surface area contributed by atoms with Crippen molar-refractivity contribution in [1.82, 2.24) is 0 Å². The van der Waals surface area contributed by atoms with Crippen molar-refractivity contribution in [3.05, 3.63) is 12.1 Å². The van der Waals surface area contributed by atoms with Crippen molar-refractivity contribution in [2.45, 2.75) is 0 Å². The highest BCUT2D eigenvalue weighted by molar-refractivity contribution is 5.60. The number of nitrogens with two attached hydrogens (primary N) is 1. The van der Waals surface area contributed by atoms with Gasteiger partial charge in [-0.25, -0.2) is 0 Å². The zero-order valence-electron chi connectivity index (χ0n) is 6.41. The number of hydrogen-bond acceptors (Lipinski definition) is 4. The quantitative estimate of drug-likeness (QED) is 0.559. The highest BCUT2D eigenvalue weighted by Crippen LogP contribution is 2.40. The normalized spacial score (nSPS) is 14.3. The number of phenols is 1. The molecule has 1 aliphatic heterocycles. The standard InChI is InChI=1S/C8H9NO3/c9-5-3-6(10)8-7(4-5)11-1-2-12-8/h3-4,10H,1-2,9H2. The third kappa shape index (κ3) is 1.01. The van der Waals surface area contributed by atoms with E-state index in [1.165, 1.54) is 6.07 Å². The lowest BCUT2D eigenvalue weighted by atomic mass is 10.2. The Hall–Kier alpha value is -1.58. The van der Waals surface area contributed by atoms with Crippen LogP contribution in [0.2, 0.25) is 0 Å². The Labute approximate surface area is 69.5 Å². The van der Waals surface area contributed by atoms with Gasteiger partial charge in [0.25, 0.3) is 0 Å². The summed E-state index contributed by atoms with van der Waals surface area (Å²) in [6.45, 7) is 0.959. The van der Waals surface area contributed by atoms with Gasteiger partial charge in [0.2, 0.25) is 5.75 Å². The van der Waals surface area contributed by atoms with Crippen LogP contribution in [0.1, 0.15) is 0 Å². The smallest absolute Gasteiger partial charge is 0.203 e. The van der Waals surface area contributed by atoms with Crippen LogP contribution in [0.3, 0.4) is 0 Å². The van der Waals surface area contributed by atoms with E-state index in [0.29, 0.717) is 30.4 Å². The lowest BCUT2D eigenvalue weighted by Crippen LogP contribution is -2.15. The van der Waals surface area contributed by atoms with Gasteiger partial charge in [-0.1, -0.05) is 0 Å². The van der Waals surface area contributed by atoms with Gasteiger partial charge in [-0.3, -0.25) is 0 Å². The molecule has 0 aromatic heterocycles. The number of hydrogen-bond donors (Lipinski definition) is 2. The summed E-state index contributed by atoms with van der Waals surface area (Å²) in [6.07, 6.45) is 0. The number of benzene rings is 1. The zero-order valence-corrected chi connectivity index (χ0v) is 6.41. The predicted octanol–water partition coefficient (Wildman–Crippen LogP) is 0.746. The first-order valence-electron chi connectivity index (χ1n) is 3.65. The first kappa shape index (κ1) is 7.09. The molecule has 4 heteroatoms. The zero-order chi connectivity index (χ0) is 8.55.